The van der Waals surface area contributed by atoms with Crippen LogP contribution in [0.5, 0.6) is 0 Å². The standard InChI is InChI=1S/C21H28ClN3O4/c1-13(26)23-16-2-3-17(18(22)10-16)21(28)25-11-14-8-19(20(27)9-15(14)12-25)24-4-6-29-7-5-24/h2-3,10,14-15,19-20,27H,4-9,11-12H2,1H3,(H,23,26)/t14-,15+,19-,20-/m1/s1. The van der Waals surface area contributed by atoms with Crippen LogP contribution < -0.4 is 5.32 Å². The Labute approximate surface area is 175 Å². The first-order chi connectivity index (χ1) is 13.9. The summed E-state index contributed by atoms with van der Waals surface area (Å²) in [7, 11) is 0. The van der Waals surface area contributed by atoms with E-state index in [4.69, 9.17) is 16.3 Å². The molecule has 1 aliphatic carbocycles. The van der Waals surface area contributed by atoms with E-state index in [2.05, 4.69) is 10.2 Å². The third-order valence-corrected chi connectivity index (χ3v) is 6.74. The molecular formula is C21H28ClN3O4. The van der Waals surface area contributed by atoms with Gasteiger partial charge in [0.2, 0.25) is 5.91 Å². The monoisotopic (exact) mass is 421 g/mol. The van der Waals surface area contributed by atoms with Gasteiger partial charge in [0.15, 0.2) is 0 Å². The van der Waals surface area contributed by atoms with Gasteiger partial charge >= 0.3 is 0 Å². The van der Waals surface area contributed by atoms with Crippen molar-refractivity contribution in [3.05, 3.63) is 28.8 Å². The highest BCUT2D eigenvalue weighted by Gasteiger charge is 2.45. The summed E-state index contributed by atoms with van der Waals surface area (Å²) < 4.78 is 5.44. The van der Waals surface area contributed by atoms with E-state index in [-0.39, 0.29) is 24.0 Å². The highest BCUT2D eigenvalue weighted by atomic mass is 35.5. The molecule has 2 saturated heterocycles. The highest BCUT2D eigenvalue weighted by molar-refractivity contribution is 6.34. The van der Waals surface area contributed by atoms with Gasteiger partial charge in [0.25, 0.3) is 5.91 Å². The summed E-state index contributed by atoms with van der Waals surface area (Å²) in [5.41, 5.74) is 1.02. The number of hydrogen-bond acceptors (Lipinski definition) is 5. The zero-order valence-corrected chi connectivity index (χ0v) is 17.4. The molecule has 1 aromatic carbocycles. The smallest absolute Gasteiger partial charge is 0.255 e. The fraction of sp³-hybridized carbons (Fsp3) is 0.619. The van der Waals surface area contributed by atoms with E-state index in [1.807, 2.05) is 4.90 Å². The topological polar surface area (TPSA) is 82.1 Å². The zero-order valence-electron chi connectivity index (χ0n) is 16.6. The summed E-state index contributed by atoms with van der Waals surface area (Å²) in [6.07, 6.45) is 1.28. The molecule has 8 heteroatoms. The maximum atomic E-state index is 13.1. The molecule has 1 saturated carbocycles. The number of morpholine rings is 1. The SMILES string of the molecule is CC(=O)Nc1ccc(C(=O)N2C[C@H]3C[C@@H](N4CCOCC4)[C@H](O)C[C@H]3C2)c(Cl)c1. The molecule has 2 N–H and O–H groups in total. The quantitative estimate of drug-likeness (QED) is 0.778. The van der Waals surface area contributed by atoms with Crippen molar-refractivity contribution in [2.45, 2.75) is 31.9 Å². The van der Waals surface area contributed by atoms with Crippen molar-refractivity contribution in [1.82, 2.24) is 9.80 Å². The van der Waals surface area contributed by atoms with Gasteiger partial charge in [0.05, 0.1) is 29.9 Å². The number of halogens is 1. The Morgan fingerprint density at radius 2 is 1.86 bits per heavy atom. The van der Waals surface area contributed by atoms with Crippen LogP contribution in [0.25, 0.3) is 0 Å². The lowest BCUT2D eigenvalue weighted by atomic mass is 9.77. The largest absolute Gasteiger partial charge is 0.391 e. The third kappa shape index (κ3) is 4.43. The summed E-state index contributed by atoms with van der Waals surface area (Å²) in [6.45, 7) is 5.93. The molecule has 0 bridgehead atoms. The predicted octanol–water partition coefficient (Wildman–Crippen LogP) is 1.84. The number of likely N-dealkylation sites (tertiary alicyclic amines) is 1. The predicted molar refractivity (Wildman–Crippen MR) is 110 cm³/mol. The number of carbonyl (C=O) groups excluding carboxylic acids is 2. The van der Waals surface area contributed by atoms with Crippen molar-refractivity contribution in [3.63, 3.8) is 0 Å². The number of aliphatic hydroxyl groups excluding tert-OH is 1. The van der Waals surface area contributed by atoms with Gasteiger partial charge in [-0.25, -0.2) is 0 Å². The molecule has 3 aliphatic rings. The molecule has 2 amide bonds. The van der Waals surface area contributed by atoms with Crippen molar-refractivity contribution >= 4 is 29.1 Å². The second kappa shape index (κ2) is 8.60. The second-order valence-corrected chi connectivity index (χ2v) is 8.77. The molecule has 29 heavy (non-hydrogen) atoms. The van der Waals surface area contributed by atoms with E-state index in [1.165, 1.54) is 6.92 Å². The second-order valence-electron chi connectivity index (χ2n) is 8.36. The van der Waals surface area contributed by atoms with Gasteiger partial charge in [-0.3, -0.25) is 14.5 Å². The van der Waals surface area contributed by atoms with Crippen LogP contribution in [0.2, 0.25) is 5.02 Å². The Morgan fingerprint density at radius 1 is 1.17 bits per heavy atom. The van der Waals surface area contributed by atoms with Crippen molar-refractivity contribution in [3.8, 4) is 0 Å². The van der Waals surface area contributed by atoms with Crippen LogP contribution in [0.1, 0.15) is 30.1 Å². The lowest BCUT2D eigenvalue weighted by Gasteiger charge is -2.43. The minimum Gasteiger partial charge on any atom is -0.391 e. The highest BCUT2D eigenvalue weighted by Crippen LogP contribution is 2.39. The van der Waals surface area contributed by atoms with Crippen LogP contribution in [-0.2, 0) is 9.53 Å². The van der Waals surface area contributed by atoms with E-state index in [9.17, 15) is 14.7 Å². The van der Waals surface area contributed by atoms with Gasteiger partial charge in [-0.2, -0.15) is 0 Å². The Balaban J connectivity index is 1.42. The molecule has 0 aromatic heterocycles. The molecule has 3 fully saturated rings. The molecule has 2 aliphatic heterocycles. The molecule has 1 aromatic rings. The van der Waals surface area contributed by atoms with Crippen LogP contribution in [0.3, 0.4) is 0 Å². The van der Waals surface area contributed by atoms with Crippen molar-refractivity contribution in [1.29, 1.82) is 0 Å². The lowest BCUT2D eigenvalue weighted by Crippen LogP contribution is -2.53. The number of ether oxygens (including phenoxy) is 1. The molecular weight excluding hydrogens is 394 g/mol. The van der Waals surface area contributed by atoms with E-state index >= 15 is 0 Å². The Bertz CT molecular complexity index is 783. The van der Waals surface area contributed by atoms with E-state index in [1.54, 1.807) is 18.2 Å². The molecule has 7 nitrogen and oxygen atoms in total. The number of aliphatic hydroxyl groups is 1. The van der Waals surface area contributed by atoms with Crippen LogP contribution in [0.4, 0.5) is 5.69 Å². The number of benzene rings is 1. The Hall–Kier alpha value is -1.67. The molecule has 0 spiro atoms. The zero-order chi connectivity index (χ0) is 20.5. The fourth-order valence-corrected chi connectivity index (χ4v) is 5.28. The van der Waals surface area contributed by atoms with Crippen LogP contribution in [0.15, 0.2) is 18.2 Å². The number of rotatable bonds is 3. The van der Waals surface area contributed by atoms with Crippen molar-refractivity contribution in [2.75, 3.05) is 44.7 Å². The van der Waals surface area contributed by atoms with Gasteiger partial charge in [-0.05, 0) is 42.9 Å². The summed E-state index contributed by atoms with van der Waals surface area (Å²) in [5, 5.41) is 13.7. The van der Waals surface area contributed by atoms with Crippen LogP contribution in [-0.4, -0.2) is 78.3 Å². The molecule has 0 unspecified atom stereocenters. The fourth-order valence-electron chi connectivity index (χ4n) is 5.01. The molecule has 2 heterocycles. The maximum Gasteiger partial charge on any atom is 0.255 e. The maximum absolute atomic E-state index is 13.1. The van der Waals surface area contributed by atoms with Gasteiger partial charge in [-0.15, -0.1) is 0 Å². The summed E-state index contributed by atoms with van der Waals surface area (Å²) >= 11 is 6.33. The van der Waals surface area contributed by atoms with Gasteiger partial charge < -0.3 is 20.1 Å². The normalized spacial score (nSPS) is 30.1. The van der Waals surface area contributed by atoms with Gasteiger partial charge in [-0.1, -0.05) is 11.6 Å². The number of fused-ring (bicyclic) bond motifs is 1. The molecule has 0 radical (unpaired) electrons. The summed E-state index contributed by atoms with van der Waals surface area (Å²) in [4.78, 5) is 28.5. The van der Waals surface area contributed by atoms with Gasteiger partial charge in [0.1, 0.15) is 0 Å². The average molecular weight is 422 g/mol. The van der Waals surface area contributed by atoms with E-state index in [0.29, 0.717) is 41.2 Å². The van der Waals surface area contributed by atoms with Crippen molar-refractivity contribution in [2.24, 2.45) is 11.8 Å². The van der Waals surface area contributed by atoms with Crippen molar-refractivity contribution < 1.29 is 19.4 Å². The molecule has 4 atom stereocenters. The van der Waals surface area contributed by atoms with E-state index in [0.717, 1.165) is 39.1 Å². The average Bonchev–Trinajstić information content (AvgIpc) is 3.10. The lowest BCUT2D eigenvalue weighted by molar-refractivity contribution is -0.114. The van der Waals surface area contributed by atoms with Crippen LogP contribution >= 0.6 is 11.6 Å². The number of anilines is 1. The number of amides is 2. The number of nitrogens with one attached hydrogen (secondary N) is 1. The Morgan fingerprint density at radius 3 is 2.52 bits per heavy atom. The minimum atomic E-state index is -0.357. The van der Waals surface area contributed by atoms with E-state index < -0.39 is 0 Å². The first-order valence-electron chi connectivity index (χ1n) is 10.3. The number of carbonyl (C=O) groups is 2. The first kappa shape index (κ1) is 20.6. The first-order valence-corrected chi connectivity index (χ1v) is 10.7. The molecule has 4 rings (SSSR count). The Kier molecular flexibility index (Phi) is 6.11. The number of hydrogen-bond donors (Lipinski definition) is 2. The minimum absolute atomic E-state index is 0.0869. The third-order valence-electron chi connectivity index (χ3n) is 6.43. The summed E-state index contributed by atoms with van der Waals surface area (Å²) in [5.74, 6) is 0.449. The number of nitrogens with zero attached hydrogens (tertiary/aromatic N) is 2. The molecule has 158 valence electrons. The van der Waals surface area contributed by atoms with Gasteiger partial charge in [0, 0.05) is 44.8 Å². The van der Waals surface area contributed by atoms with Crippen LogP contribution in [0, 0.1) is 11.8 Å². The summed E-state index contributed by atoms with van der Waals surface area (Å²) in [6, 6.07) is 5.12.